The van der Waals surface area contributed by atoms with Crippen molar-refractivity contribution in [3.05, 3.63) is 18.2 Å². The van der Waals surface area contributed by atoms with E-state index in [4.69, 9.17) is 0 Å². The molecule has 108 valence electrons. The second kappa shape index (κ2) is 5.32. The first-order valence-electron chi connectivity index (χ1n) is 6.29. The zero-order valence-corrected chi connectivity index (χ0v) is 11.4. The van der Waals surface area contributed by atoms with Gasteiger partial charge in [0.05, 0.1) is 6.54 Å². The number of imide groups is 1. The van der Waals surface area contributed by atoms with Gasteiger partial charge >= 0.3 is 6.03 Å². The van der Waals surface area contributed by atoms with Crippen molar-refractivity contribution in [1.82, 2.24) is 25.5 Å². The van der Waals surface area contributed by atoms with Gasteiger partial charge in [0.15, 0.2) is 0 Å². The molecule has 1 aliphatic heterocycles. The molecule has 0 spiro atoms. The van der Waals surface area contributed by atoms with Gasteiger partial charge in [-0.3, -0.25) is 14.5 Å². The third kappa shape index (κ3) is 2.95. The van der Waals surface area contributed by atoms with Crippen molar-refractivity contribution in [1.29, 1.82) is 0 Å². The molecule has 3 N–H and O–H groups in total. The molecule has 1 aromatic heterocycles. The standard InChI is InChI=1S/C12H17N5O3/c1-12(2)10(19)17(11(20)16-12)6-3-9(18)15-7-8-13-4-5-14-8/h4-5H,3,6-7H2,1-2H3,(H,13,14)(H,15,18)(H,16,20). The number of H-pyrrole nitrogens is 1. The summed E-state index contributed by atoms with van der Waals surface area (Å²) >= 11 is 0. The first-order chi connectivity index (χ1) is 9.40. The number of imidazole rings is 1. The quantitative estimate of drug-likeness (QED) is 0.646. The van der Waals surface area contributed by atoms with Crippen LogP contribution in [0.5, 0.6) is 0 Å². The van der Waals surface area contributed by atoms with Crippen LogP contribution in [-0.4, -0.2) is 44.8 Å². The highest BCUT2D eigenvalue weighted by molar-refractivity contribution is 6.06. The van der Waals surface area contributed by atoms with E-state index in [9.17, 15) is 14.4 Å². The third-order valence-electron chi connectivity index (χ3n) is 3.01. The van der Waals surface area contributed by atoms with Gasteiger partial charge in [0, 0.05) is 25.4 Å². The number of carbonyl (C=O) groups is 3. The molecule has 8 heteroatoms. The maximum Gasteiger partial charge on any atom is 0.325 e. The molecule has 1 saturated heterocycles. The van der Waals surface area contributed by atoms with Crippen LogP contribution >= 0.6 is 0 Å². The molecule has 4 amide bonds. The van der Waals surface area contributed by atoms with E-state index in [1.165, 1.54) is 0 Å². The number of hydrogen-bond acceptors (Lipinski definition) is 4. The van der Waals surface area contributed by atoms with Crippen molar-refractivity contribution >= 4 is 17.8 Å². The Hall–Kier alpha value is -2.38. The number of amides is 4. The van der Waals surface area contributed by atoms with Gasteiger partial charge in [-0.2, -0.15) is 0 Å². The molecule has 1 aliphatic rings. The highest BCUT2D eigenvalue weighted by atomic mass is 16.2. The Morgan fingerprint density at radius 2 is 2.20 bits per heavy atom. The van der Waals surface area contributed by atoms with Gasteiger partial charge in [-0.05, 0) is 13.8 Å². The van der Waals surface area contributed by atoms with Crippen LogP contribution in [0.15, 0.2) is 12.4 Å². The fourth-order valence-corrected chi connectivity index (χ4v) is 1.90. The number of urea groups is 1. The largest absolute Gasteiger partial charge is 0.349 e. The van der Waals surface area contributed by atoms with E-state index in [1.807, 2.05) is 0 Å². The summed E-state index contributed by atoms with van der Waals surface area (Å²) in [5.41, 5.74) is -0.901. The van der Waals surface area contributed by atoms with Gasteiger partial charge in [0.2, 0.25) is 5.91 Å². The number of hydrogen-bond donors (Lipinski definition) is 3. The van der Waals surface area contributed by atoms with E-state index < -0.39 is 11.6 Å². The average Bonchev–Trinajstić information content (AvgIpc) is 2.94. The van der Waals surface area contributed by atoms with Crippen molar-refractivity contribution in [2.45, 2.75) is 32.4 Å². The maximum atomic E-state index is 11.9. The summed E-state index contributed by atoms with van der Waals surface area (Å²) < 4.78 is 0. The van der Waals surface area contributed by atoms with Crippen LogP contribution in [0.2, 0.25) is 0 Å². The van der Waals surface area contributed by atoms with Crippen molar-refractivity contribution in [2.24, 2.45) is 0 Å². The van der Waals surface area contributed by atoms with Crippen molar-refractivity contribution in [2.75, 3.05) is 6.54 Å². The van der Waals surface area contributed by atoms with E-state index in [0.717, 1.165) is 4.90 Å². The molecule has 0 aromatic carbocycles. The minimum Gasteiger partial charge on any atom is -0.349 e. The van der Waals surface area contributed by atoms with Crippen LogP contribution in [0.25, 0.3) is 0 Å². The van der Waals surface area contributed by atoms with Crippen LogP contribution in [0.4, 0.5) is 4.79 Å². The lowest BCUT2D eigenvalue weighted by molar-refractivity contribution is -0.130. The smallest absolute Gasteiger partial charge is 0.325 e. The van der Waals surface area contributed by atoms with Gasteiger partial charge in [0.25, 0.3) is 5.91 Å². The summed E-state index contributed by atoms with van der Waals surface area (Å²) in [6, 6.07) is -0.459. The van der Waals surface area contributed by atoms with Gasteiger partial charge < -0.3 is 15.6 Å². The molecule has 0 unspecified atom stereocenters. The number of carbonyl (C=O) groups excluding carboxylic acids is 3. The Labute approximate surface area is 115 Å². The molecule has 8 nitrogen and oxygen atoms in total. The predicted octanol–water partition coefficient (Wildman–Crippen LogP) is -0.254. The Balaban J connectivity index is 1.79. The molecule has 2 heterocycles. The molecule has 2 rings (SSSR count). The van der Waals surface area contributed by atoms with E-state index in [2.05, 4.69) is 20.6 Å². The Kier molecular flexibility index (Phi) is 3.73. The molecule has 0 radical (unpaired) electrons. The lowest BCUT2D eigenvalue weighted by atomic mass is 10.1. The first-order valence-corrected chi connectivity index (χ1v) is 6.29. The summed E-state index contributed by atoms with van der Waals surface area (Å²) in [4.78, 5) is 43.0. The summed E-state index contributed by atoms with van der Waals surface area (Å²) in [6.07, 6.45) is 3.32. The average molecular weight is 279 g/mol. The van der Waals surface area contributed by atoms with Gasteiger partial charge in [-0.25, -0.2) is 9.78 Å². The fourth-order valence-electron chi connectivity index (χ4n) is 1.90. The SMILES string of the molecule is CC1(C)NC(=O)N(CCC(=O)NCc2ncc[nH]2)C1=O. The van der Waals surface area contributed by atoms with Crippen molar-refractivity contribution < 1.29 is 14.4 Å². The lowest BCUT2D eigenvalue weighted by Gasteiger charge is -2.15. The fraction of sp³-hybridized carbons (Fsp3) is 0.500. The second-order valence-corrected chi connectivity index (χ2v) is 5.07. The van der Waals surface area contributed by atoms with E-state index >= 15 is 0 Å². The summed E-state index contributed by atoms with van der Waals surface area (Å²) in [5.74, 6) is 0.0857. The number of aromatic nitrogens is 2. The van der Waals surface area contributed by atoms with E-state index in [-0.39, 0.29) is 31.3 Å². The molecule has 0 atom stereocenters. The van der Waals surface area contributed by atoms with Crippen molar-refractivity contribution in [3.63, 3.8) is 0 Å². The van der Waals surface area contributed by atoms with E-state index in [0.29, 0.717) is 5.82 Å². The van der Waals surface area contributed by atoms with Crippen LogP contribution < -0.4 is 10.6 Å². The summed E-state index contributed by atoms with van der Waals surface area (Å²) in [5, 5.41) is 5.22. The highest BCUT2D eigenvalue weighted by Gasteiger charge is 2.43. The van der Waals surface area contributed by atoms with Gasteiger partial charge in [-0.1, -0.05) is 0 Å². The predicted molar refractivity (Wildman–Crippen MR) is 69.4 cm³/mol. The molecule has 0 aliphatic carbocycles. The highest BCUT2D eigenvalue weighted by Crippen LogP contribution is 2.16. The second-order valence-electron chi connectivity index (χ2n) is 5.07. The zero-order valence-electron chi connectivity index (χ0n) is 11.4. The first kappa shape index (κ1) is 14.0. The zero-order chi connectivity index (χ0) is 14.8. The Bertz CT molecular complexity index is 523. The normalized spacial score (nSPS) is 17.2. The van der Waals surface area contributed by atoms with Gasteiger partial charge in [-0.15, -0.1) is 0 Å². The number of nitrogens with zero attached hydrogens (tertiary/aromatic N) is 2. The number of nitrogens with one attached hydrogen (secondary N) is 3. The van der Waals surface area contributed by atoms with Crippen LogP contribution in [0.1, 0.15) is 26.1 Å². The molecule has 1 aromatic rings. The third-order valence-corrected chi connectivity index (χ3v) is 3.01. The summed E-state index contributed by atoms with van der Waals surface area (Å²) in [6.45, 7) is 3.62. The van der Waals surface area contributed by atoms with Crippen LogP contribution in [-0.2, 0) is 16.1 Å². The summed E-state index contributed by atoms with van der Waals surface area (Å²) in [7, 11) is 0. The lowest BCUT2D eigenvalue weighted by Crippen LogP contribution is -2.40. The topological polar surface area (TPSA) is 107 Å². The monoisotopic (exact) mass is 279 g/mol. The molecule has 20 heavy (non-hydrogen) atoms. The van der Waals surface area contributed by atoms with Crippen LogP contribution in [0.3, 0.4) is 0 Å². The van der Waals surface area contributed by atoms with Gasteiger partial charge in [0.1, 0.15) is 11.4 Å². The Morgan fingerprint density at radius 3 is 2.75 bits per heavy atom. The molecular formula is C12H17N5O3. The molecule has 0 saturated carbocycles. The Morgan fingerprint density at radius 1 is 1.45 bits per heavy atom. The number of aromatic amines is 1. The van der Waals surface area contributed by atoms with E-state index in [1.54, 1.807) is 26.2 Å². The molecule has 1 fully saturated rings. The minimum absolute atomic E-state index is 0.0654. The van der Waals surface area contributed by atoms with Crippen molar-refractivity contribution in [3.8, 4) is 0 Å². The minimum atomic E-state index is -0.901. The van der Waals surface area contributed by atoms with Crippen LogP contribution in [0, 0.1) is 0 Å². The molecular weight excluding hydrogens is 262 g/mol. The maximum absolute atomic E-state index is 11.9. The molecule has 0 bridgehead atoms. The number of rotatable bonds is 5.